The van der Waals surface area contributed by atoms with E-state index >= 15 is 0 Å². The summed E-state index contributed by atoms with van der Waals surface area (Å²) in [5.74, 6) is 0.905. The first-order valence-corrected chi connectivity index (χ1v) is 10.4. The van der Waals surface area contributed by atoms with Gasteiger partial charge in [0.2, 0.25) is 17.7 Å². The molecule has 4 rings (SSSR count). The van der Waals surface area contributed by atoms with Crippen molar-refractivity contribution >= 4 is 34.5 Å². The lowest BCUT2D eigenvalue weighted by Crippen LogP contribution is -2.27. The molecule has 0 radical (unpaired) electrons. The van der Waals surface area contributed by atoms with E-state index in [-0.39, 0.29) is 35.8 Å². The van der Waals surface area contributed by atoms with Crippen LogP contribution < -0.4 is 5.32 Å². The number of carbonyl (C=O) groups is 3. The van der Waals surface area contributed by atoms with Crippen LogP contribution in [0.15, 0.2) is 59.0 Å². The van der Waals surface area contributed by atoms with Gasteiger partial charge in [0.25, 0.3) is 5.24 Å². The number of imide groups is 1. The number of hydrogen-bond acceptors (Lipinski definition) is 6. The lowest BCUT2D eigenvalue weighted by molar-refractivity contribution is -0.125. The van der Waals surface area contributed by atoms with Crippen molar-refractivity contribution in [1.29, 1.82) is 0 Å². The fraction of sp³-hybridized carbons (Fsp3) is 0.182. The first-order chi connectivity index (χ1) is 14.5. The van der Waals surface area contributed by atoms with Gasteiger partial charge in [-0.2, -0.15) is 0 Å². The quantitative estimate of drug-likeness (QED) is 0.646. The van der Waals surface area contributed by atoms with Crippen LogP contribution in [0.3, 0.4) is 0 Å². The SMILES string of the molecule is Cc1oc(-c2ccccc2)nc1CC(=O)Nc1ccc(CN2C(=O)CSC2=O)cc1. The van der Waals surface area contributed by atoms with Crippen molar-refractivity contribution in [3.05, 3.63) is 71.6 Å². The average Bonchev–Trinajstić information content (AvgIpc) is 3.26. The van der Waals surface area contributed by atoms with E-state index in [0.717, 1.165) is 22.9 Å². The number of thioether (sulfide) groups is 1. The normalized spacial score (nSPS) is 13.7. The van der Waals surface area contributed by atoms with Gasteiger partial charge in [0.15, 0.2) is 0 Å². The number of hydrogen-bond donors (Lipinski definition) is 1. The van der Waals surface area contributed by atoms with E-state index in [9.17, 15) is 14.4 Å². The van der Waals surface area contributed by atoms with Gasteiger partial charge in [-0.3, -0.25) is 19.3 Å². The molecule has 1 saturated heterocycles. The number of nitrogens with one attached hydrogen (secondary N) is 1. The highest BCUT2D eigenvalue weighted by atomic mass is 32.2. The molecule has 0 bridgehead atoms. The minimum absolute atomic E-state index is 0.0952. The van der Waals surface area contributed by atoms with Gasteiger partial charge in [0, 0.05) is 11.3 Å². The second kappa shape index (κ2) is 8.54. The summed E-state index contributed by atoms with van der Waals surface area (Å²) in [5.41, 5.74) is 2.89. The van der Waals surface area contributed by atoms with E-state index in [0.29, 0.717) is 23.0 Å². The summed E-state index contributed by atoms with van der Waals surface area (Å²) in [6, 6.07) is 16.6. The number of nitrogens with zero attached hydrogens (tertiary/aromatic N) is 2. The zero-order valence-electron chi connectivity index (χ0n) is 16.3. The van der Waals surface area contributed by atoms with Crippen molar-refractivity contribution < 1.29 is 18.8 Å². The highest BCUT2D eigenvalue weighted by Crippen LogP contribution is 2.23. The lowest BCUT2D eigenvalue weighted by atomic mass is 10.2. The number of carbonyl (C=O) groups excluding carboxylic acids is 3. The number of aryl methyl sites for hydroxylation is 1. The zero-order chi connectivity index (χ0) is 21.1. The second-order valence-corrected chi connectivity index (χ2v) is 7.77. The molecule has 0 saturated carbocycles. The smallest absolute Gasteiger partial charge is 0.289 e. The second-order valence-electron chi connectivity index (χ2n) is 6.84. The molecule has 7 nitrogen and oxygen atoms in total. The molecule has 8 heteroatoms. The Morgan fingerprint density at radius 1 is 1.13 bits per heavy atom. The molecule has 3 aromatic rings. The van der Waals surface area contributed by atoms with Gasteiger partial charge in [-0.25, -0.2) is 4.98 Å². The van der Waals surface area contributed by atoms with Gasteiger partial charge >= 0.3 is 0 Å². The van der Waals surface area contributed by atoms with E-state index in [4.69, 9.17) is 4.42 Å². The lowest BCUT2D eigenvalue weighted by Gasteiger charge is -2.13. The molecule has 0 atom stereocenters. The maximum atomic E-state index is 12.4. The number of benzene rings is 2. The minimum atomic E-state index is -0.227. The summed E-state index contributed by atoms with van der Waals surface area (Å²) >= 11 is 1.01. The molecule has 3 amide bonds. The summed E-state index contributed by atoms with van der Waals surface area (Å²) < 4.78 is 5.70. The van der Waals surface area contributed by atoms with Crippen molar-refractivity contribution in [2.75, 3.05) is 11.1 Å². The summed E-state index contributed by atoms with van der Waals surface area (Å²) in [6.07, 6.45) is 0.0952. The Labute approximate surface area is 177 Å². The molecule has 1 aromatic heterocycles. The first kappa shape index (κ1) is 19.9. The molecular weight excluding hydrogens is 402 g/mol. The molecule has 0 unspecified atom stereocenters. The number of amides is 3. The van der Waals surface area contributed by atoms with E-state index in [2.05, 4.69) is 10.3 Å². The van der Waals surface area contributed by atoms with Gasteiger partial charge in [-0.1, -0.05) is 42.1 Å². The van der Waals surface area contributed by atoms with Gasteiger partial charge in [0.05, 0.1) is 24.4 Å². The van der Waals surface area contributed by atoms with Crippen molar-refractivity contribution in [3.8, 4) is 11.5 Å². The standard InChI is InChI=1S/C22H19N3O4S/c1-14-18(24-21(29-14)16-5-3-2-4-6-16)11-19(26)23-17-9-7-15(8-10-17)12-25-20(27)13-30-22(25)28/h2-10H,11-13H2,1H3,(H,23,26). The van der Waals surface area contributed by atoms with Crippen LogP contribution >= 0.6 is 11.8 Å². The van der Waals surface area contributed by atoms with Gasteiger partial charge < -0.3 is 9.73 Å². The molecule has 0 spiro atoms. The van der Waals surface area contributed by atoms with E-state index in [1.807, 2.05) is 30.3 Å². The number of rotatable bonds is 6. The zero-order valence-corrected chi connectivity index (χ0v) is 17.1. The summed E-state index contributed by atoms with van der Waals surface area (Å²) in [7, 11) is 0. The van der Waals surface area contributed by atoms with Gasteiger partial charge in [0.1, 0.15) is 5.76 Å². The van der Waals surface area contributed by atoms with E-state index < -0.39 is 0 Å². The Bertz CT molecular complexity index is 1080. The molecule has 1 aliphatic heterocycles. The van der Waals surface area contributed by atoms with Crippen LogP contribution in [0.25, 0.3) is 11.5 Å². The molecule has 1 N–H and O–H groups in total. The third-order valence-corrected chi connectivity index (χ3v) is 5.52. The van der Waals surface area contributed by atoms with E-state index in [1.54, 1.807) is 31.2 Å². The fourth-order valence-corrected chi connectivity index (χ4v) is 3.79. The molecule has 30 heavy (non-hydrogen) atoms. The van der Waals surface area contributed by atoms with Gasteiger partial charge in [-0.05, 0) is 36.8 Å². The highest BCUT2D eigenvalue weighted by Gasteiger charge is 2.29. The van der Waals surface area contributed by atoms with E-state index in [1.165, 1.54) is 4.90 Å². The third kappa shape index (κ3) is 4.44. The average molecular weight is 421 g/mol. The third-order valence-electron chi connectivity index (χ3n) is 4.66. The monoisotopic (exact) mass is 421 g/mol. The Kier molecular flexibility index (Phi) is 5.67. The van der Waals surface area contributed by atoms with Crippen LogP contribution in [0.2, 0.25) is 0 Å². The summed E-state index contributed by atoms with van der Waals surface area (Å²) in [6.45, 7) is 2.02. The maximum Gasteiger partial charge on any atom is 0.289 e. The first-order valence-electron chi connectivity index (χ1n) is 9.37. The number of oxazole rings is 1. The van der Waals surface area contributed by atoms with Crippen LogP contribution in [0, 0.1) is 6.92 Å². The predicted molar refractivity (Wildman–Crippen MR) is 114 cm³/mol. The topological polar surface area (TPSA) is 92.5 Å². The molecule has 1 fully saturated rings. The van der Waals surface area contributed by atoms with Crippen molar-refractivity contribution in [2.24, 2.45) is 0 Å². The van der Waals surface area contributed by atoms with Crippen LogP contribution in [-0.4, -0.2) is 32.7 Å². The number of anilines is 1. The predicted octanol–water partition coefficient (Wildman–Crippen LogP) is 4.03. The number of aromatic nitrogens is 1. The van der Waals surface area contributed by atoms with Crippen LogP contribution in [0.5, 0.6) is 0 Å². The minimum Gasteiger partial charge on any atom is -0.441 e. The molecule has 2 heterocycles. The Morgan fingerprint density at radius 2 is 1.87 bits per heavy atom. The van der Waals surface area contributed by atoms with Crippen LogP contribution in [0.4, 0.5) is 10.5 Å². The molecule has 0 aliphatic carbocycles. The molecule has 152 valence electrons. The van der Waals surface area contributed by atoms with Crippen molar-refractivity contribution in [1.82, 2.24) is 9.88 Å². The van der Waals surface area contributed by atoms with Crippen LogP contribution in [0.1, 0.15) is 17.0 Å². The highest BCUT2D eigenvalue weighted by molar-refractivity contribution is 8.14. The molecule has 1 aliphatic rings. The van der Waals surface area contributed by atoms with Crippen molar-refractivity contribution in [2.45, 2.75) is 19.9 Å². The van der Waals surface area contributed by atoms with Crippen LogP contribution in [-0.2, 0) is 22.6 Å². The van der Waals surface area contributed by atoms with Gasteiger partial charge in [-0.15, -0.1) is 0 Å². The maximum absolute atomic E-state index is 12.4. The largest absolute Gasteiger partial charge is 0.441 e. The Morgan fingerprint density at radius 3 is 2.53 bits per heavy atom. The Balaban J connectivity index is 1.37. The fourth-order valence-electron chi connectivity index (χ4n) is 3.06. The molecule has 2 aromatic carbocycles. The van der Waals surface area contributed by atoms with Crippen molar-refractivity contribution in [3.63, 3.8) is 0 Å². The molecular formula is C22H19N3O4S. The Hall–Kier alpha value is -3.39. The summed E-state index contributed by atoms with van der Waals surface area (Å²) in [5, 5.41) is 2.61. The summed E-state index contributed by atoms with van der Waals surface area (Å²) in [4.78, 5) is 41.5.